The number of aromatic nitrogens is 3. The van der Waals surface area contributed by atoms with Crippen LogP contribution in [0.15, 0.2) is 24.4 Å². The second kappa shape index (κ2) is 7.03. The Morgan fingerprint density at radius 1 is 1.15 bits per heavy atom. The predicted octanol–water partition coefficient (Wildman–Crippen LogP) is 1.43. The van der Waals surface area contributed by atoms with Gasteiger partial charge in [0.25, 0.3) is 0 Å². The second-order valence-corrected chi connectivity index (χ2v) is 6.33. The maximum absolute atomic E-state index is 12.2. The van der Waals surface area contributed by atoms with E-state index >= 15 is 0 Å². The van der Waals surface area contributed by atoms with Crippen molar-refractivity contribution in [1.29, 1.82) is 0 Å². The number of nitrogens with one attached hydrogen (secondary N) is 2. The average molecular weight is 357 g/mol. The van der Waals surface area contributed by atoms with Gasteiger partial charge in [0, 0.05) is 17.7 Å². The molecule has 0 bridgehead atoms. The van der Waals surface area contributed by atoms with Crippen LogP contribution in [0, 0.1) is 5.92 Å². The lowest BCUT2D eigenvalue weighted by Gasteiger charge is -2.23. The van der Waals surface area contributed by atoms with Gasteiger partial charge >= 0.3 is 0 Å². The van der Waals surface area contributed by atoms with Gasteiger partial charge in [0.15, 0.2) is 17.3 Å². The Morgan fingerprint density at radius 2 is 1.96 bits per heavy atom. The number of hydrogen-bond donors (Lipinski definition) is 2. The smallest absolute Gasteiger partial charge is 0.246 e. The number of carbonyl (C=O) groups is 2. The lowest BCUT2D eigenvalue weighted by Crippen LogP contribution is -2.28. The van der Waals surface area contributed by atoms with Crippen LogP contribution in [0.5, 0.6) is 11.5 Å². The van der Waals surface area contributed by atoms with Gasteiger partial charge in [-0.15, -0.1) is 5.10 Å². The van der Waals surface area contributed by atoms with Gasteiger partial charge in [-0.25, -0.2) is 4.68 Å². The molecule has 2 aromatic rings. The number of nitrogens with zero attached hydrogens (tertiary/aromatic N) is 3. The predicted molar refractivity (Wildman–Crippen MR) is 92.1 cm³/mol. The van der Waals surface area contributed by atoms with E-state index in [1.807, 2.05) is 0 Å². The minimum absolute atomic E-state index is 0.0132. The van der Waals surface area contributed by atoms with E-state index in [-0.39, 0.29) is 24.3 Å². The third-order valence-electron chi connectivity index (χ3n) is 4.40. The van der Waals surface area contributed by atoms with E-state index in [0.717, 1.165) is 19.3 Å². The summed E-state index contributed by atoms with van der Waals surface area (Å²) in [5, 5.41) is 13.3. The number of carbonyl (C=O) groups excluding carboxylic acids is 2. The zero-order valence-corrected chi connectivity index (χ0v) is 14.1. The number of ether oxygens (including phenoxy) is 2. The Hall–Kier alpha value is -3.10. The summed E-state index contributed by atoms with van der Waals surface area (Å²) < 4.78 is 12.3. The topological polar surface area (TPSA) is 107 Å². The molecule has 136 valence electrons. The molecule has 2 aliphatic rings. The highest BCUT2D eigenvalue weighted by Crippen LogP contribution is 2.32. The fourth-order valence-corrected chi connectivity index (χ4v) is 2.80. The van der Waals surface area contributed by atoms with Gasteiger partial charge < -0.3 is 20.1 Å². The lowest BCUT2D eigenvalue weighted by molar-refractivity contribution is -0.122. The van der Waals surface area contributed by atoms with Crippen molar-refractivity contribution in [2.24, 2.45) is 5.92 Å². The van der Waals surface area contributed by atoms with Crippen molar-refractivity contribution in [2.75, 3.05) is 23.8 Å². The van der Waals surface area contributed by atoms with Crippen LogP contribution >= 0.6 is 0 Å². The molecule has 4 rings (SSSR count). The van der Waals surface area contributed by atoms with Crippen LogP contribution in [0.25, 0.3) is 0 Å². The fraction of sp³-hybridized carbons (Fsp3) is 0.412. The Balaban J connectivity index is 1.32. The monoisotopic (exact) mass is 357 g/mol. The van der Waals surface area contributed by atoms with Crippen molar-refractivity contribution in [3.05, 3.63) is 24.4 Å². The third kappa shape index (κ3) is 3.61. The highest BCUT2D eigenvalue weighted by molar-refractivity contribution is 5.92. The van der Waals surface area contributed by atoms with Crippen molar-refractivity contribution in [2.45, 2.75) is 25.8 Å². The summed E-state index contributed by atoms with van der Waals surface area (Å²) in [7, 11) is 0. The molecule has 0 radical (unpaired) electrons. The van der Waals surface area contributed by atoms with E-state index in [2.05, 4.69) is 20.9 Å². The standard InChI is InChI=1S/C17H19N5O4/c23-16(18-12-4-5-13-14(8-12)26-7-6-25-13)10-22-9-15(20-21-22)19-17(24)11-2-1-3-11/h4-5,8-9,11H,1-3,6-7,10H2,(H,18,23)(H,19,24). The van der Waals surface area contributed by atoms with Crippen LogP contribution in [0.2, 0.25) is 0 Å². The Morgan fingerprint density at radius 3 is 2.73 bits per heavy atom. The van der Waals surface area contributed by atoms with E-state index in [1.165, 1.54) is 4.68 Å². The molecule has 0 spiro atoms. The molecular weight excluding hydrogens is 338 g/mol. The quantitative estimate of drug-likeness (QED) is 0.838. The molecular formula is C17H19N5O4. The van der Waals surface area contributed by atoms with Crippen LogP contribution in [0.3, 0.4) is 0 Å². The van der Waals surface area contributed by atoms with Crippen LogP contribution in [0.1, 0.15) is 19.3 Å². The van der Waals surface area contributed by atoms with Gasteiger partial charge in [0.1, 0.15) is 19.8 Å². The van der Waals surface area contributed by atoms with Crippen molar-refractivity contribution in [1.82, 2.24) is 15.0 Å². The number of fused-ring (bicyclic) bond motifs is 1. The lowest BCUT2D eigenvalue weighted by atomic mass is 9.85. The first-order valence-corrected chi connectivity index (χ1v) is 8.58. The number of hydrogen-bond acceptors (Lipinski definition) is 6. The molecule has 2 N–H and O–H groups in total. The zero-order chi connectivity index (χ0) is 17.9. The molecule has 1 aliphatic heterocycles. The SMILES string of the molecule is O=C(Cn1cc(NC(=O)C2CCC2)nn1)Nc1ccc2c(c1)OCCO2. The van der Waals surface area contributed by atoms with E-state index in [4.69, 9.17) is 9.47 Å². The van der Waals surface area contributed by atoms with Crippen molar-refractivity contribution in [3.8, 4) is 11.5 Å². The summed E-state index contributed by atoms with van der Waals surface area (Å²) in [6.45, 7) is 0.990. The van der Waals surface area contributed by atoms with Gasteiger partial charge in [0.2, 0.25) is 11.8 Å². The molecule has 2 amide bonds. The summed E-state index contributed by atoms with van der Waals surface area (Å²) in [5.74, 6) is 1.40. The van der Waals surface area contributed by atoms with E-state index in [0.29, 0.717) is 36.2 Å². The van der Waals surface area contributed by atoms with Crippen LogP contribution in [0.4, 0.5) is 11.5 Å². The molecule has 1 aromatic carbocycles. The zero-order valence-electron chi connectivity index (χ0n) is 14.1. The Bertz CT molecular complexity index is 830. The summed E-state index contributed by atoms with van der Waals surface area (Å²) >= 11 is 0. The molecule has 1 aromatic heterocycles. The summed E-state index contributed by atoms with van der Waals surface area (Å²) in [6, 6.07) is 5.22. The van der Waals surface area contributed by atoms with E-state index in [9.17, 15) is 9.59 Å². The van der Waals surface area contributed by atoms with Gasteiger partial charge in [-0.1, -0.05) is 11.6 Å². The van der Waals surface area contributed by atoms with Crippen molar-refractivity contribution in [3.63, 3.8) is 0 Å². The maximum Gasteiger partial charge on any atom is 0.246 e. The van der Waals surface area contributed by atoms with Gasteiger partial charge in [0.05, 0.1) is 6.20 Å². The molecule has 9 heteroatoms. The average Bonchev–Trinajstić information content (AvgIpc) is 2.99. The molecule has 0 atom stereocenters. The summed E-state index contributed by atoms with van der Waals surface area (Å²) in [6.07, 6.45) is 4.46. The van der Waals surface area contributed by atoms with Crippen molar-refractivity contribution >= 4 is 23.3 Å². The highest BCUT2D eigenvalue weighted by Gasteiger charge is 2.25. The van der Waals surface area contributed by atoms with Crippen LogP contribution in [-0.2, 0) is 16.1 Å². The fourth-order valence-electron chi connectivity index (χ4n) is 2.80. The summed E-state index contributed by atoms with van der Waals surface area (Å²) in [5.41, 5.74) is 0.609. The third-order valence-corrected chi connectivity index (χ3v) is 4.40. The van der Waals surface area contributed by atoms with Gasteiger partial charge in [-0.2, -0.15) is 0 Å². The molecule has 1 fully saturated rings. The molecule has 1 aliphatic carbocycles. The molecule has 9 nitrogen and oxygen atoms in total. The molecule has 0 unspecified atom stereocenters. The number of anilines is 2. The number of amides is 2. The number of rotatable bonds is 5. The molecule has 1 saturated carbocycles. The number of benzene rings is 1. The van der Waals surface area contributed by atoms with E-state index < -0.39 is 0 Å². The first-order valence-electron chi connectivity index (χ1n) is 8.58. The molecule has 0 saturated heterocycles. The Kier molecular flexibility index (Phi) is 4.42. The minimum Gasteiger partial charge on any atom is -0.486 e. The van der Waals surface area contributed by atoms with Gasteiger partial charge in [-0.3, -0.25) is 9.59 Å². The maximum atomic E-state index is 12.2. The largest absolute Gasteiger partial charge is 0.486 e. The van der Waals surface area contributed by atoms with Gasteiger partial charge in [-0.05, 0) is 25.0 Å². The van der Waals surface area contributed by atoms with Crippen molar-refractivity contribution < 1.29 is 19.1 Å². The molecule has 26 heavy (non-hydrogen) atoms. The van der Waals surface area contributed by atoms with Crippen LogP contribution in [-0.4, -0.2) is 40.0 Å². The van der Waals surface area contributed by atoms with E-state index in [1.54, 1.807) is 24.4 Å². The minimum atomic E-state index is -0.261. The normalized spacial score (nSPS) is 15.8. The van der Waals surface area contributed by atoms with Crippen LogP contribution < -0.4 is 20.1 Å². The second-order valence-electron chi connectivity index (χ2n) is 6.33. The summed E-state index contributed by atoms with van der Waals surface area (Å²) in [4.78, 5) is 24.1. The molecule has 2 heterocycles. The Labute approximate surface area is 149 Å². The first kappa shape index (κ1) is 16.4. The highest BCUT2D eigenvalue weighted by atomic mass is 16.6. The first-order chi connectivity index (χ1) is 12.7.